The van der Waals surface area contributed by atoms with Crippen LogP contribution < -0.4 is 5.32 Å². The van der Waals surface area contributed by atoms with E-state index in [-0.39, 0.29) is 5.91 Å². The Bertz CT molecular complexity index is 964. The Morgan fingerprint density at radius 1 is 1.12 bits per heavy atom. The summed E-state index contributed by atoms with van der Waals surface area (Å²) in [5, 5.41) is 5.32. The third kappa shape index (κ3) is 3.74. The zero-order valence-corrected chi connectivity index (χ0v) is 15.9. The molecule has 5 heteroatoms. The summed E-state index contributed by atoms with van der Waals surface area (Å²) in [6.45, 7) is 1.52. The van der Waals surface area contributed by atoms with Crippen molar-refractivity contribution < 1.29 is 4.79 Å². The summed E-state index contributed by atoms with van der Waals surface area (Å²) in [5.74, 6) is -0.0673. The molecule has 0 aliphatic carbocycles. The van der Waals surface area contributed by atoms with Gasteiger partial charge in [0.05, 0.1) is 5.69 Å². The number of hydrogen-bond donors (Lipinski definition) is 1. The summed E-state index contributed by atoms with van der Waals surface area (Å²) in [6, 6.07) is 20.5. The highest BCUT2D eigenvalue weighted by atomic mass is 32.2. The summed E-state index contributed by atoms with van der Waals surface area (Å²) >= 11 is 3.66. The van der Waals surface area contributed by atoms with Crippen LogP contribution in [0.25, 0.3) is 0 Å². The molecule has 4 rings (SSSR count). The van der Waals surface area contributed by atoms with E-state index < -0.39 is 0 Å². The molecule has 1 aliphatic heterocycles. The van der Waals surface area contributed by atoms with Crippen LogP contribution in [0, 0.1) is 0 Å². The van der Waals surface area contributed by atoms with Gasteiger partial charge in [0.15, 0.2) is 0 Å². The van der Waals surface area contributed by atoms with Gasteiger partial charge < -0.3 is 5.32 Å². The van der Waals surface area contributed by atoms with Gasteiger partial charge in [0, 0.05) is 39.8 Å². The number of rotatable bonds is 3. The first-order chi connectivity index (χ1) is 12.7. The van der Waals surface area contributed by atoms with Gasteiger partial charge in [-0.25, -0.2) is 0 Å². The fourth-order valence-corrected chi connectivity index (χ4v) is 5.16. The van der Waals surface area contributed by atoms with E-state index in [0.717, 1.165) is 29.1 Å². The second-order valence-corrected chi connectivity index (χ2v) is 8.34. The lowest BCUT2D eigenvalue weighted by Crippen LogP contribution is -2.08. The minimum Gasteiger partial charge on any atom is -0.326 e. The van der Waals surface area contributed by atoms with Crippen molar-refractivity contribution in [2.75, 3.05) is 5.32 Å². The smallest absolute Gasteiger partial charge is 0.221 e. The predicted octanol–water partition coefficient (Wildman–Crippen LogP) is 6.06. The first kappa shape index (κ1) is 17.1. The fraction of sp³-hybridized carbons (Fsp3) is 0.143. The number of aliphatic imine (C=N–C) groups is 1. The number of thiophene rings is 1. The van der Waals surface area contributed by atoms with Crippen molar-refractivity contribution >= 4 is 46.1 Å². The second kappa shape index (κ2) is 7.48. The number of carbonyl (C=O) groups is 1. The Hall–Kier alpha value is -2.37. The van der Waals surface area contributed by atoms with Gasteiger partial charge in [0.1, 0.15) is 0 Å². The topological polar surface area (TPSA) is 41.5 Å². The monoisotopic (exact) mass is 378 g/mol. The maximum atomic E-state index is 11.4. The molecular weight excluding hydrogens is 360 g/mol. The zero-order chi connectivity index (χ0) is 17.9. The first-order valence-corrected chi connectivity index (χ1v) is 10.2. The summed E-state index contributed by atoms with van der Waals surface area (Å²) in [7, 11) is 0. The first-order valence-electron chi connectivity index (χ1n) is 8.44. The van der Waals surface area contributed by atoms with Gasteiger partial charge in [-0.1, -0.05) is 30.3 Å². The van der Waals surface area contributed by atoms with E-state index >= 15 is 0 Å². The van der Waals surface area contributed by atoms with Gasteiger partial charge in [0.2, 0.25) is 5.91 Å². The summed E-state index contributed by atoms with van der Waals surface area (Å²) in [6.07, 6.45) is 0.851. The maximum absolute atomic E-state index is 11.4. The van der Waals surface area contributed by atoms with Gasteiger partial charge in [-0.05, 0) is 41.3 Å². The highest BCUT2D eigenvalue weighted by Gasteiger charge is 2.23. The minimum absolute atomic E-state index is 0.0673. The van der Waals surface area contributed by atoms with Gasteiger partial charge in [-0.15, -0.1) is 23.1 Å². The number of para-hydroxylation sites is 1. The van der Waals surface area contributed by atoms with Crippen LogP contribution in [0.5, 0.6) is 0 Å². The number of nitrogens with one attached hydrogen (secondary N) is 1. The molecule has 3 nitrogen and oxygen atoms in total. The minimum atomic E-state index is -0.0673. The average molecular weight is 379 g/mol. The normalized spacial score (nSPS) is 16.3. The number of fused-ring (bicyclic) bond motifs is 1. The van der Waals surface area contributed by atoms with Crippen LogP contribution in [0.4, 0.5) is 11.4 Å². The number of benzene rings is 2. The lowest BCUT2D eigenvalue weighted by molar-refractivity contribution is -0.114. The van der Waals surface area contributed by atoms with Crippen LogP contribution in [0.15, 0.2) is 75.9 Å². The lowest BCUT2D eigenvalue weighted by Gasteiger charge is -2.14. The van der Waals surface area contributed by atoms with E-state index in [0.29, 0.717) is 5.25 Å². The van der Waals surface area contributed by atoms with E-state index in [1.807, 2.05) is 36.0 Å². The van der Waals surface area contributed by atoms with Gasteiger partial charge in [-0.3, -0.25) is 9.79 Å². The summed E-state index contributed by atoms with van der Waals surface area (Å²) in [4.78, 5) is 18.9. The standard InChI is InChI=1S/C21H18N2OS2/c1-14(24)22-16-7-4-6-15(12-16)18-13-21(20-10-5-11-25-20)26-19-9-3-2-8-17(19)23-18/h2-12,21H,13H2,1H3,(H,22,24). The van der Waals surface area contributed by atoms with Gasteiger partial charge >= 0.3 is 0 Å². The van der Waals surface area contributed by atoms with Gasteiger partial charge in [-0.2, -0.15) is 0 Å². The molecule has 1 N–H and O–H groups in total. The molecule has 3 aromatic rings. The molecule has 1 atom stereocenters. The molecule has 1 aliphatic rings. The van der Waals surface area contributed by atoms with E-state index in [4.69, 9.17) is 4.99 Å². The third-order valence-corrected chi connectivity index (χ3v) is 6.58. The van der Waals surface area contributed by atoms with Crippen LogP contribution in [-0.4, -0.2) is 11.6 Å². The lowest BCUT2D eigenvalue weighted by atomic mass is 10.0. The maximum Gasteiger partial charge on any atom is 0.221 e. The van der Waals surface area contributed by atoms with Gasteiger partial charge in [0.25, 0.3) is 0 Å². The Morgan fingerprint density at radius 2 is 2.00 bits per heavy atom. The molecule has 0 saturated carbocycles. The molecule has 26 heavy (non-hydrogen) atoms. The van der Waals surface area contributed by atoms with Crippen molar-refractivity contribution in [2.45, 2.75) is 23.5 Å². The van der Waals surface area contributed by atoms with E-state index in [1.54, 1.807) is 11.3 Å². The molecule has 0 bridgehead atoms. The average Bonchev–Trinajstić information content (AvgIpc) is 3.09. The number of thioether (sulfide) groups is 1. The Morgan fingerprint density at radius 3 is 2.81 bits per heavy atom. The van der Waals surface area contributed by atoms with Crippen LogP contribution in [0.2, 0.25) is 0 Å². The molecule has 2 aromatic carbocycles. The largest absolute Gasteiger partial charge is 0.326 e. The van der Waals surface area contributed by atoms with Crippen molar-refractivity contribution in [3.63, 3.8) is 0 Å². The Labute approximate surface area is 161 Å². The molecule has 130 valence electrons. The molecule has 0 radical (unpaired) electrons. The number of amides is 1. The number of carbonyl (C=O) groups excluding carboxylic acids is 1. The zero-order valence-electron chi connectivity index (χ0n) is 14.3. The van der Waals surface area contributed by atoms with E-state index in [1.165, 1.54) is 16.7 Å². The summed E-state index contributed by atoms with van der Waals surface area (Å²) in [5.41, 5.74) is 3.91. The third-order valence-electron chi connectivity index (χ3n) is 4.15. The highest BCUT2D eigenvalue weighted by Crippen LogP contribution is 2.46. The van der Waals surface area contributed by atoms with Crippen molar-refractivity contribution in [3.8, 4) is 0 Å². The molecule has 0 saturated heterocycles. The molecule has 1 unspecified atom stereocenters. The van der Waals surface area contributed by atoms with E-state index in [2.05, 4.69) is 47.1 Å². The number of nitrogens with zero attached hydrogens (tertiary/aromatic N) is 1. The molecule has 2 heterocycles. The fourth-order valence-electron chi connectivity index (χ4n) is 3.01. The second-order valence-electron chi connectivity index (χ2n) is 6.11. The number of hydrogen-bond acceptors (Lipinski definition) is 4. The SMILES string of the molecule is CC(=O)Nc1cccc(C2=Nc3ccccc3SC(c3cccs3)C2)c1. The van der Waals surface area contributed by atoms with E-state index in [9.17, 15) is 4.79 Å². The van der Waals surface area contributed by atoms with Crippen molar-refractivity contribution in [1.82, 2.24) is 0 Å². The van der Waals surface area contributed by atoms with Crippen molar-refractivity contribution in [2.24, 2.45) is 4.99 Å². The Balaban J connectivity index is 1.76. The summed E-state index contributed by atoms with van der Waals surface area (Å²) < 4.78 is 0. The van der Waals surface area contributed by atoms with Crippen LogP contribution in [0.1, 0.15) is 29.0 Å². The quantitative estimate of drug-likeness (QED) is 0.601. The molecule has 0 spiro atoms. The highest BCUT2D eigenvalue weighted by molar-refractivity contribution is 7.99. The molecule has 1 amide bonds. The molecule has 0 fully saturated rings. The van der Waals surface area contributed by atoms with Crippen LogP contribution in [-0.2, 0) is 4.79 Å². The molecular formula is C21H18N2OS2. The van der Waals surface area contributed by atoms with Crippen LogP contribution >= 0.6 is 23.1 Å². The van der Waals surface area contributed by atoms with Crippen LogP contribution in [0.3, 0.4) is 0 Å². The van der Waals surface area contributed by atoms with Crippen molar-refractivity contribution in [3.05, 3.63) is 76.5 Å². The van der Waals surface area contributed by atoms with Crippen molar-refractivity contribution in [1.29, 1.82) is 0 Å². The Kier molecular flexibility index (Phi) is 4.91. The molecule has 1 aromatic heterocycles. The number of anilines is 1. The predicted molar refractivity (Wildman–Crippen MR) is 111 cm³/mol.